The minimum Gasteiger partial charge on any atom is -0.481 e. The number of unbranched alkanes of at least 4 members (excludes halogenated alkanes) is 2. The van der Waals surface area contributed by atoms with Gasteiger partial charge in [-0.05, 0) is 31.3 Å². The molecule has 2 amide bonds. The van der Waals surface area contributed by atoms with E-state index in [0.717, 1.165) is 25.0 Å². The first kappa shape index (κ1) is 18.1. The molecule has 0 aromatic rings. The van der Waals surface area contributed by atoms with Gasteiger partial charge in [0.1, 0.15) is 0 Å². The van der Waals surface area contributed by atoms with E-state index < -0.39 is 5.97 Å². The SMILES string of the molecule is CCCC(CC(=O)O)NC(=O)NCCCCCSC. The van der Waals surface area contributed by atoms with Crippen LogP contribution in [0.2, 0.25) is 0 Å². The van der Waals surface area contributed by atoms with Crippen molar-refractivity contribution in [3.05, 3.63) is 0 Å². The summed E-state index contributed by atoms with van der Waals surface area (Å²) in [6.07, 6.45) is 6.85. The molecule has 112 valence electrons. The highest BCUT2D eigenvalue weighted by molar-refractivity contribution is 7.98. The summed E-state index contributed by atoms with van der Waals surface area (Å²) in [6, 6.07) is -0.538. The number of amides is 2. The van der Waals surface area contributed by atoms with Crippen LogP contribution in [-0.2, 0) is 4.79 Å². The van der Waals surface area contributed by atoms with Gasteiger partial charge >= 0.3 is 12.0 Å². The average molecular weight is 290 g/mol. The normalized spacial score (nSPS) is 11.9. The van der Waals surface area contributed by atoms with Crippen LogP contribution in [0.1, 0.15) is 45.4 Å². The van der Waals surface area contributed by atoms with Crippen LogP contribution in [0.5, 0.6) is 0 Å². The zero-order valence-electron chi connectivity index (χ0n) is 11.9. The zero-order chi connectivity index (χ0) is 14.5. The molecule has 0 aliphatic heterocycles. The van der Waals surface area contributed by atoms with Gasteiger partial charge in [0.05, 0.1) is 6.42 Å². The van der Waals surface area contributed by atoms with E-state index in [0.29, 0.717) is 13.0 Å². The van der Waals surface area contributed by atoms with E-state index in [9.17, 15) is 9.59 Å². The van der Waals surface area contributed by atoms with Crippen molar-refractivity contribution in [1.29, 1.82) is 0 Å². The van der Waals surface area contributed by atoms with Gasteiger partial charge in [0.25, 0.3) is 0 Å². The number of urea groups is 1. The number of carbonyl (C=O) groups excluding carboxylic acids is 1. The molecule has 0 radical (unpaired) electrons. The fourth-order valence-corrected chi connectivity index (χ4v) is 2.26. The van der Waals surface area contributed by atoms with Gasteiger partial charge in [-0.15, -0.1) is 0 Å². The summed E-state index contributed by atoms with van der Waals surface area (Å²) < 4.78 is 0. The lowest BCUT2D eigenvalue weighted by Gasteiger charge is -2.16. The van der Waals surface area contributed by atoms with E-state index in [1.807, 2.05) is 18.7 Å². The Morgan fingerprint density at radius 1 is 1.26 bits per heavy atom. The molecule has 5 nitrogen and oxygen atoms in total. The molecule has 0 aromatic heterocycles. The van der Waals surface area contributed by atoms with Gasteiger partial charge in [-0.3, -0.25) is 4.79 Å². The zero-order valence-corrected chi connectivity index (χ0v) is 12.7. The number of nitrogens with one attached hydrogen (secondary N) is 2. The van der Waals surface area contributed by atoms with Crippen LogP contribution in [0, 0.1) is 0 Å². The maximum atomic E-state index is 11.6. The summed E-state index contributed by atoms with van der Waals surface area (Å²) in [5, 5.41) is 14.2. The number of hydrogen-bond acceptors (Lipinski definition) is 3. The van der Waals surface area contributed by atoms with Crippen LogP contribution in [0.4, 0.5) is 4.79 Å². The highest BCUT2D eigenvalue weighted by Gasteiger charge is 2.14. The first-order valence-electron chi connectivity index (χ1n) is 6.85. The van der Waals surface area contributed by atoms with Crippen LogP contribution in [0.15, 0.2) is 0 Å². The molecule has 0 rings (SSSR count). The Balaban J connectivity index is 3.71. The van der Waals surface area contributed by atoms with Crippen molar-refractivity contribution in [3.63, 3.8) is 0 Å². The fraction of sp³-hybridized carbons (Fsp3) is 0.846. The van der Waals surface area contributed by atoms with Gasteiger partial charge in [-0.2, -0.15) is 11.8 Å². The predicted octanol–water partition coefficient (Wildman–Crippen LogP) is 2.46. The molecule has 3 N–H and O–H groups in total. The monoisotopic (exact) mass is 290 g/mol. The molecule has 0 bridgehead atoms. The van der Waals surface area contributed by atoms with Crippen molar-refractivity contribution >= 4 is 23.8 Å². The fourth-order valence-electron chi connectivity index (χ4n) is 1.77. The van der Waals surface area contributed by atoms with Gasteiger partial charge in [0.2, 0.25) is 0 Å². The first-order valence-corrected chi connectivity index (χ1v) is 8.24. The van der Waals surface area contributed by atoms with Gasteiger partial charge in [0, 0.05) is 12.6 Å². The number of aliphatic carboxylic acids is 1. The summed E-state index contributed by atoms with van der Waals surface area (Å²) in [5.41, 5.74) is 0. The Hall–Kier alpha value is -0.910. The molecule has 0 saturated carbocycles. The molecule has 1 atom stereocenters. The highest BCUT2D eigenvalue weighted by Crippen LogP contribution is 2.02. The lowest BCUT2D eigenvalue weighted by atomic mass is 10.1. The second-order valence-corrected chi connectivity index (χ2v) is 5.52. The second-order valence-electron chi connectivity index (χ2n) is 4.54. The molecular weight excluding hydrogens is 264 g/mol. The van der Waals surface area contributed by atoms with Crippen LogP contribution in [-0.4, -0.2) is 41.7 Å². The van der Waals surface area contributed by atoms with Crippen molar-refractivity contribution in [3.8, 4) is 0 Å². The Morgan fingerprint density at radius 2 is 2.00 bits per heavy atom. The van der Waals surface area contributed by atoms with Crippen molar-refractivity contribution in [2.45, 2.75) is 51.5 Å². The minimum absolute atomic E-state index is 0.0189. The van der Waals surface area contributed by atoms with Crippen LogP contribution in [0.25, 0.3) is 0 Å². The number of carbonyl (C=O) groups is 2. The minimum atomic E-state index is -0.879. The largest absolute Gasteiger partial charge is 0.481 e. The van der Waals surface area contributed by atoms with E-state index in [1.165, 1.54) is 6.42 Å². The van der Waals surface area contributed by atoms with Crippen molar-refractivity contribution in [2.75, 3.05) is 18.6 Å². The standard InChI is InChI=1S/C13H26N2O3S/c1-3-7-11(10-12(16)17)15-13(18)14-8-5-4-6-9-19-2/h11H,3-10H2,1-2H3,(H,16,17)(H2,14,15,18). The van der Waals surface area contributed by atoms with E-state index in [2.05, 4.69) is 16.9 Å². The summed E-state index contributed by atoms with van der Waals surface area (Å²) in [7, 11) is 0. The molecule has 0 heterocycles. The average Bonchev–Trinajstić information content (AvgIpc) is 2.33. The quantitative estimate of drug-likeness (QED) is 0.511. The molecule has 1 unspecified atom stereocenters. The summed E-state index contributed by atoms with van der Waals surface area (Å²) in [4.78, 5) is 22.2. The predicted molar refractivity (Wildman–Crippen MR) is 79.7 cm³/mol. The topological polar surface area (TPSA) is 78.4 Å². The molecule has 0 spiro atoms. The Kier molecular flexibility index (Phi) is 11.6. The van der Waals surface area contributed by atoms with Crippen LogP contribution >= 0.6 is 11.8 Å². The molecular formula is C13H26N2O3S. The maximum Gasteiger partial charge on any atom is 0.315 e. The number of hydrogen-bond donors (Lipinski definition) is 3. The third kappa shape index (κ3) is 11.9. The molecule has 0 aliphatic rings. The van der Waals surface area contributed by atoms with Crippen LogP contribution < -0.4 is 10.6 Å². The molecule has 6 heteroatoms. The van der Waals surface area contributed by atoms with E-state index >= 15 is 0 Å². The van der Waals surface area contributed by atoms with E-state index in [4.69, 9.17) is 5.11 Å². The first-order chi connectivity index (χ1) is 9.10. The Bertz CT molecular complexity index is 262. The second kappa shape index (κ2) is 12.1. The van der Waals surface area contributed by atoms with E-state index in [-0.39, 0.29) is 18.5 Å². The number of rotatable bonds is 11. The van der Waals surface area contributed by atoms with E-state index in [1.54, 1.807) is 0 Å². The third-order valence-corrected chi connectivity index (χ3v) is 3.40. The molecule has 0 aliphatic carbocycles. The third-order valence-electron chi connectivity index (χ3n) is 2.70. The maximum absolute atomic E-state index is 11.6. The summed E-state index contributed by atoms with van der Waals surface area (Å²) >= 11 is 1.83. The van der Waals surface area contributed by atoms with Crippen molar-refractivity contribution < 1.29 is 14.7 Å². The number of carboxylic acid groups (broad SMARTS) is 1. The van der Waals surface area contributed by atoms with Crippen LogP contribution in [0.3, 0.4) is 0 Å². The van der Waals surface area contributed by atoms with Gasteiger partial charge in [-0.1, -0.05) is 19.8 Å². The lowest BCUT2D eigenvalue weighted by Crippen LogP contribution is -2.43. The Labute approximate surface area is 119 Å². The molecule has 0 fully saturated rings. The smallest absolute Gasteiger partial charge is 0.315 e. The van der Waals surface area contributed by atoms with Gasteiger partial charge in [-0.25, -0.2) is 4.79 Å². The molecule has 0 saturated heterocycles. The van der Waals surface area contributed by atoms with Gasteiger partial charge in [0.15, 0.2) is 0 Å². The van der Waals surface area contributed by atoms with Crippen molar-refractivity contribution in [1.82, 2.24) is 10.6 Å². The molecule has 19 heavy (non-hydrogen) atoms. The summed E-state index contributed by atoms with van der Waals surface area (Å²) in [5.74, 6) is 0.277. The molecule has 0 aromatic carbocycles. The van der Waals surface area contributed by atoms with Gasteiger partial charge < -0.3 is 15.7 Å². The summed E-state index contributed by atoms with van der Waals surface area (Å²) in [6.45, 7) is 2.62. The highest BCUT2D eigenvalue weighted by atomic mass is 32.2. The number of thioether (sulfide) groups is 1. The lowest BCUT2D eigenvalue weighted by molar-refractivity contribution is -0.137. The van der Waals surface area contributed by atoms with Crippen molar-refractivity contribution in [2.24, 2.45) is 0 Å². The number of carboxylic acids is 1. The Morgan fingerprint density at radius 3 is 2.58 bits per heavy atom.